The molecular formula is C9H17NO4. The van der Waals surface area contributed by atoms with E-state index in [0.717, 1.165) is 0 Å². The molecule has 0 saturated heterocycles. The predicted molar refractivity (Wildman–Crippen MR) is 51.1 cm³/mol. The van der Waals surface area contributed by atoms with Gasteiger partial charge in [0.05, 0.1) is 6.42 Å². The summed E-state index contributed by atoms with van der Waals surface area (Å²) in [5, 5.41) is 17.3. The fourth-order valence-corrected chi connectivity index (χ4v) is 1.30. The van der Waals surface area contributed by atoms with E-state index >= 15 is 0 Å². The molecule has 1 unspecified atom stereocenters. The Bertz CT molecular complexity index is 215. The maximum absolute atomic E-state index is 10.8. The first-order valence-electron chi connectivity index (χ1n) is 4.49. The number of aliphatic carboxylic acids is 2. The molecule has 2 N–H and O–H groups in total. The summed E-state index contributed by atoms with van der Waals surface area (Å²) in [6.45, 7) is 4.48. The fourth-order valence-electron chi connectivity index (χ4n) is 1.30. The van der Waals surface area contributed by atoms with Crippen molar-refractivity contribution in [2.24, 2.45) is 5.92 Å². The lowest BCUT2D eigenvalue weighted by Crippen LogP contribution is -2.41. The van der Waals surface area contributed by atoms with Crippen LogP contribution in [0.3, 0.4) is 0 Å². The van der Waals surface area contributed by atoms with Crippen molar-refractivity contribution in [3.8, 4) is 0 Å². The van der Waals surface area contributed by atoms with Gasteiger partial charge in [0.1, 0.15) is 6.04 Å². The monoisotopic (exact) mass is 203 g/mol. The summed E-state index contributed by atoms with van der Waals surface area (Å²) in [6.07, 6.45) is -0.363. The Hall–Kier alpha value is -1.10. The SMILES string of the molecule is CC(C)CN(C)C(CC(=O)O)C(=O)O. The molecule has 0 rings (SSSR count). The maximum Gasteiger partial charge on any atom is 0.321 e. The minimum Gasteiger partial charge on any atom is -0.481 e. The standard InChI is InChI=1S/C9H17NO4/c1-6(2)5-10(3)7(9(13)14)4-8(11)12/h6-7H,4-5H2,1-3H3,(H,11,12)(H,13,14). The normalized spacial score (nSPS) is 13.2. The van der Waals surface area contributed by atoms with Crippen LogP contribution in [0.4, 0.5) is 0 Å². The Morgan fingerprint density at radius 1 is 1.29 bits per heavy atom. The summed E-state index contributed by atoms with van der Waals surface area (Å²) in [4.78, 5) is 22.7. The summed E-state index contributed by atoms with van der Waals surface area (Å²) >= 11 is 0. The molecule has 1 atom stereocenters. The van der Waals surface area contributed by atoms with Crippen LogP contribution in [0, 0.1) is 5.92 Å². The first-order valence-corrected chi connectivity index (χ1v) is 4.49. The number of hydrogen-bond acceptors (Lipinski definition) is 3. The van der Waals surface area contributed by atoms with Gasteiger partial charge in [-0.1, -0.05) is 13.8 Å². The largest absolute Gasteiger partial charge is 0.481 e. The Balaban J connectivity index is 4.33. The third kappa shape index (κ3) is 4.81. The third-order valence-corrected chi connectivity index (χ3v) is 1.84. The number of carbonyl (C=O) groups is 2. The lowest BCUT2D eigenvalue weighted by Gasteiger charge is -2.24. The molecule has 0 heterocycles. The van der Waals surface area contributed by atoms with Crippen LogP contribution in [0.25, 0.3) is 0 Å². The van der Waals surface area contributed by atoms with Crippen LogP contribution >= 0.6 is 0 Å². The minimum atomic E-state index is -1.09. The van der Waals surface area contributed by atoms with Gasteiger partial charge in [0, 0.05) is 6.54 Å². The second-order valence-electron chi connectivity index (χ2n) is 3.79. The number of likely N-dealkylation sites (N-methyl/N-ethyl adjacent to an activating group) is 1. The van der Waals surface area contributed by atoms with Crippen LogP contribution in [0.5, 0.6) is 0 Å². The number of rotatable bonds is 6. The molecule has 0 amide bonds. The number of hydrogen-bond donors (Lipinski definition) is 2. The zero-order valence-corrected chi connectivity index (χ0v) is 8.73. The fraction of sp³-hybridized carbons (Fsp3) is 0.778. The summed E-state index contributed by atoms with van der Waals surface area (Å²) < 4.78 is 0. The van der Waals surface area contributed by atoms with Gasteiger partial charge in [-0.2, -0.15) is 0 Å². The van der Waals surface area contributed by atoms with Crippen LogP contribution < -0.4 is 0 Å². The Morgan fingerprint density at radius 2 is 1.79 bits per heavy atom. The molecule has 0 spiro atoms. The van der Waals surface area contributed by atoms with Gasteiger partial charge in [0.2, 0.25) is 0 Å². The molecule has 0 fully saturated rings. The highest BCUT2D eigenvalue weighted by atomic mass is 16.4. The van der Waals surface area contributed by atoms with E-state index in [1.807, 2.05) is 13.8 Å². The van der Waals surface area contributed by atoms with Gasteiger partial charge < -0.3 is 10.2 Å². The molecule has 5 heteroatoms. The topological polar surface area (TPSA) is 77.8 Å². The highest BCUT2D eigenvalue weighted by molar-refractivity contribution is 5.80. The summed E-state index contributed by atoms with van der Waals surface area (Å²) in [6, 6.07) is -0.935. The molecule has 82 valence electrons. The van der Waals surface area contributed by atoms with Crippen LogP contribution in [0.2, 0.25) is 0 Å². The smallest absolute Gasteiger partial charge is 0.321 e. The van der Waals surface area contributed by atoms with Gasteiger partial charge in [-0.25, -0.2) is 0 Å². The Kier molecular flexibility index (Phi) is 5.15. The molecule has 14 heavy (non-hydrogen) atoms. The number of carboxylic acid groups (broad SMARTS) is 2. The average Bonchev–Trinajstić information content (AvgIpc) is 1.97. The van der Waals surface area contributed by atoms with Gasteiger partial charge >= 0.3 is 11.9 Å². The Morgan fingerprint density at radius 3 is 2.07 bits per heavy atom. The van der Waals surface area contributed by atoms with Gasteiger partial charge in [0.25, 0.3) is 0 Å². The van der Waals surface area contributed by atoms with E-state index in [-0.39, 0.29) is 6.42 Å². The molecule has 0 aliphatic rings. The van der Waals surface area contributed by atoms with Crippen molar-refractivity contribution in [1.29, 1.82) is 0 Å². The maximum atomic E-state index is 10.8. The quantitative estimate of drug-likeness (QED) is 0.657. The third-order valence-electron chi connectivity index (χ3n) is 1.84. The molecule has 0 aromatic heterocycles. The molecule has 0 radical (unpaired) electrons. The molecule has 0 aliphatic carbocycles. The molecule has 0 bridgehead atoms. The van der Waals surface area contributed by atoms with Crippen LogP contribution in [-0.4, -0.2) is 46.7 Å². The van der Waals surface area contributed by atoms with Crippen LogP contribution in [0.1, 0.15) is 20.3 Å². The Labute approximate surface area is 83.3 Å². The van der Waals surface area contributed by atoms with Gasteiger partial charge in [-0.3, -0.25) is 14.5 Å². The van der Waals surface area contributed by atoms with Crippen molar-refractivity contribution in [3.05, 3.63) is 0 Å². The number of nitrogens with zero attached hydrogens (tertiary/aromatic N) is 1. The first kappa shape index (κ1) is 12.9. The molecule has 5 nitrogen and oxygen atoms in total. The highest BCUT2D eigenvalue weighted by Crippen LogP contribution is 2.06. The van der Waals surface area contributed by atoms with E-state index in [2.05, 4.69) is 0 Å². The molecule has 0 aliphatic heterocycles. The highest BCUT2D eigenvalue weighted by Gasteiger charge is 2.25. The van der Waals surface area contributed by atoms with E-state index < -0.39 is 18.0 Å². The van der Waals surface area contributed by atoms with E-state index in [4.69, 9.17) is 10.2 Å². The van der Waals surface area contributed by atoms with Crippen molar-refractivity contribution in [1.82, 2.24) is 4.90 Å². The lowest BCUT2D eigenvalue weighted by atomic mass is 10.1. The second kappa shape index (κ2) is 5.59. The predicted octanol–water partition coefficient (Wildman–Crippen LogP) is 0.502. The zero-order valence-electron chi connectivity index (χ0n) is 8.73. The second-order valence-corrected chi connectivity index (χ2v) is 3.79. The van der Waals surface area contributed by atoms with Gasteiger partial charge in [0.15, 0.2) is 0 Å². The van der Waals surface area contributed by atoms with Crippen molar-refractivity contribution in [2.75, 3.05) is 13.6 Å². The van der Waals surface area contributed by atoms with Gasteiger partial charge in [-0.15, -0.1) is 0 Å². The van der Waals surface area contributed by atoms with Crippen LogP contribution in [0.15, 0.2) is 0 Å². The van der Waals surface area contributed by atoms with Crippen LogP contribution in [-0.2, 0) is 9.59 Å². The van der Waals surface area contributed by atoms with Crippen molar-refractivity contribution in [3.63, 3.8) is 0 Å². The van der Waals surface area contributed by atoms with E-state index in [1.165, 1.54) is 0 Å². The summed E-state index contributed by atoms with van der Waals surface area (Å²) in [5.74, 6) is -1.86. The number of carboxylic acids is 2. The zero-order chi connectivity index (χ0) is 11.3. The molecule has 0 aromatic carbocycles. The minimum absolute atomic E-state index is 0.315. The van der Waals surface area contributed by atoms with Crippen molar-refractivity contribution in [2.45, 2.75) is 26.3 Å². The lowest BCUT2D eigenvalue weighted by molar-refractivity contribution is -0.149. The first-order chi connectivity index (χ1) is 6.34. The van der Waals surface area contributed by atoms with E-state index in [1.54, 1.807) is 11.9 Å². The van der Waals surface area contributed by atoms with Crippen molar-refractivity contribution >= 4 is 11.9 Å². The summed E-state index contributed by atoms with van der Waals surface area (Å²) in [7, 11) is 1.63. The van der Waals surface area contributed by atoms with Crippen molar-refractivity contribution < 1.29 is 19.8 Å². The molecule has 0 aromatic rings. The van der Waals surface area contributed by atoms with E-state index in [9.17, 15) is 9.59 Å². The van der Waals surface area contributed by atoms with E-state index in [0.29, 0.717) is 12.5 Å². The average molecular weight is 203 g/mol. The molecular weight excluding hydrogens is 186 g/mol. The van der Waals surface area contributed by atoms with Gasteiger partial charge in [-0.05, 0) is 13.0 Å². The molecule has 0 saturated carbocycles. The summed E-state index contributed by atoms with van der Waals surface area (Å²) in [5.41, 5.74) is 0.